The van der Waals surface area contributed by atoms with Gasteiger partial charge < -0.3 is 15.0 Å². The lowest BCUT2D eigenvalue weighted by molar-refractivity contribution is -0.117. The van der Waals surface area contributed by atoms with E-state index in [4.69, 9.17) is 16.3 Å². The van der Waals surface area contributed by atoms with Gasteiger partial charge >= 0.3 is 6.03 Å². The smallest absolute Gasteiger partial charge is 0.323 e. The largest absolute Gasteiger partial charge is 0.489 e. The summed E-state index contributed by atoms with van der Waals surface area (Å²) in [7, 11) is 0. The summed E-state index contributed by atoms with van der Waals surface area (Å²) in [4.78, 5) is 26.4. The van der Waals surface area contributed by atoms with E-state index in [1.165, 1.54) is 0 Å². The Balaban J connectivity index is 1.47. The summed E-state index contributed by atoms with van der Waals surface area (Å²) in [6.45, 7) is 0.389. The number of urea groups is 1. The number of rotatable bonds is 4. The van der Waals surface area contributed by atoms with Gasteiger partial charge in [-0.25, -0.2) is 4.79 Å². The second-order valence-corrected chi connectivity index (χ2v) is 8.03. The summed E-state index contributed by atoms with van der Waals surface area (Å²) in [6.07, 6.45) is 1.03. The monoisotopic (exact) mass is 456 g/mol. The number of hydrogen-bond donors (Lipinski definition) is 2. The topological polar surface area (TPSA) is 94.5 Å². The molecule has 0 spiro atoms. The van der Waals surface area contributed by atoms with Gasteiger partial charge in [0.05, 0.1) is 22.9 Å². The highest BCUT2D eigenvalue weighted by Gasteiger charge is 2.38. The molecule has 1 fully saturated rings. The zero-order valence-corrected chi connectivity index (χ0v) is 18.0. The number of imide groups is 1. The fourth-order valence-electron chi connectivity index (χ4n) is 3.87. The first kappa shape index (κ1) is 20.6. The normalized spacial score (nSPS) is 16.5. The Hall–Kier alpha value is -4.28. The van der Waals surface area contributed by atoms with E-state index in [0.717, 1.165) is 16.8 Å². The third kappa shape index (κ3) is 4.00. The molecule has 2 aliphatic heterocycles. The van der Waals surface area contributed by atoms with E-state index in [2.05, 4.69) is 16.7 Å². The SMILES string of the molecule is N#Cc1ccc2c(c1)N(c1ccc(OCc3ccc(Cl)cc3)cc1)C1NC(=O)NC(=O)C1=C2. The number of fused-ring (bicyclic) bond motifs is 2. The second-order valence-electron chi connectivity index (χ2n) is 7.59. The van der Waals surface area contributed by atoms with Crippen LogP contribution in [-0.4, -0.2) is 18.1 Å². The van der Waals surface area contributed by atoms with Crippen LogP contribution in [0.2, 0.25) is 5.02 Å². The Morgan fingerprint density at radius 3 is 2.52 bits per heavy atom. The van der Waals surface area contributed by atoms with E-state index in [1.807, 2.05) is 53.4 Å². The third-order valence-corrected chi connectivity index (χ3v) is 5.73. The summed E-state index contributed by atoms with van der Waals surface area (Å²) < 4.78 is 5.87. The summed E-state index contributed by atoms with van der Waals surface area (Å²) in [5.74, 6) is 0.213. The van der Waals surface area contributed by atoms with Crippen LogP contribution in [0.1, 0.15) is 16.7 Å². The maximum absolute atomic E-state index is 12.5. The molecular formula is C25H17ClN4O3. The Labute approximate surface area is 194 Å². The number of hydrogen-bond acceptors (Lipinski definition) is 5. The number of amides is 3. The van der Waals surface area contributed by atoms with Crippen molar-refractivity contribution in [2.75, 3.05) is 4.90 Å². The van der Waals surface area contributed by atoms with Gasteiger partial charge in [0.15, 0.2) is 0 Å². The molecule has 3 amide bonds. The molecule has 3 aromatic carbocycles. The average molecular weight is 457 g/mol. The highest BCUT2D eigenvalue weighted by molar-refractivity contribution is 6.30. The number of ether oxygens (including phenoxy) is 1. The molecule has 0 saturated carbocycles. The van der Waals surface area contributed by atoms with Crippen molar-refractivity contribution in [2.24, 2.45) is 0 Å². The van der Waals surface area contributed by atoms with Gasteiger partial charge in [0.2, 0.25) is 0 Å². The number of benzene rings is 3. The molecule has 2 N–H and O–H groups in total. The predicted molar refractivity (Wildman–Crippen MR) is 124 cm³/mol. The summed E-state index contributed by atoms with van der Waals surface area (Å²) in [6, 6.07) is 21.6. The van der Waals surface area contributed by atoms with Gasteiger partial charge in [-0.05, 0) is 65.7 Å². The Morgan fingerprint density at radius 1 is 1.03 bits per heavy atom. The number of nitriles is 1. The van der Waals surface area contributed by atoms with Gasteiger partial charge in [-0.3, -0.25) is 10.1 Å². The van der Waals surface area contributed by atoms with Crippen molar-refractivity contribution in [1.82, 2.24) is 10.6 Å². The first-order valence-electron chi connectivity index (χ1n) is 10.2. The van der Waals surface area contributed by atoms with E-state index < -0.39 is 18.1 Å². The minimum absolute atomic E-state index is 0.389. The lowest BCUT2D eigenvalue weighted by Crippen LogP contribution is -2.60. The highest BCUT2D eigenvalue weighted by Crippen LogP contribution is 2.39. The lowest BCUT2D eigenvalue weighted by Gasteiger charge is -2.41. The van der Waals surface area contributed by atoms with Gasteiger partial charge in [0, 0.05) is 10.7 Å². The molecule has 1 saturated heterocycles. The molecule has 1 atom stereocenters. The van der Waals surface area contributed by atoms with Gasteiger partial charge in [0.25, 0.3) is 5.91 Å². The molecule has 2 aliphatic rings. The number of anilines is 2. The van der Waals surface area contributed by atoms with Crippen LogP contribution in [0, 0.1) is 11.3 Å². The summed E-state index contributed by atoms with van der Waals surface area (Å²) >= 11 is 5.92. The molecule has 5 rings (SSSR count). The average Bonchev–Trinajstić information content (AvgIpc) is 2.82. The van der Waals surface area contributed by atoms with Crippen LogP contribution in [0.25, 0.3) is 6.08 Å². The van der Waals surface area contributed by atoms with Crippen LogP contribution in [0.5, 0.6) is 5.75 Å². The van der Waals surface area contributed by atoms with Gasteiger partial charge in [0.1, 0.15) is 18.5 Å². The van der Waals surface area contributed by atoms with Crippen LogP contribution in [0.4, 0.5) is 16.2 Å². The minimum Gasteiger partial charge on any atom is -0.489 e. The van der Waals surface area contributed by atoms with E-state index >= 15 is 0 Å². The molecule has 7 nitrogen and oxygen atoms in total. The van der Waals surface area contributed by atoms with Crippen molar-refractivity contribution in [3.05, 3.63) is 94.0 Å². The number of nitrogens with zero attached hydrogens (tertiary/aromatic N) is 2. The van der Waals surface area contributed by atoms with Crippen LogP contribution in [-0.2, 0) is 11.4 Å². The summed E-state index contributed by atoms with van der Waals surface area (Å²) in [5, 5.41) is 15.1. The van der Waals surface area contributed by atoms with Crippen molar-refractivity contribution < 1.29 is 14.3 Å². The van der Waals surface area contributed by atoms with Crippen molar-refractivity contribution in [2.45, 2.75) is 12.8 Å². The Kier molecular flexibility index (Phi) is 5.21. The lowest BCUT2D eigenvalue weighted by atomic mass is 9.96. The molecular weight excluding hydrogens is 440 g/mol. The number of halogens is 1. The number of carbonyl (C=O) groups excluding carboxylic acids is 2. The molecule has 0 bridgehead atoms. The second kappa shape index (κ2) is 8.34. The van der Waals surface area contributed by atoms with Gasteiger partial charge in [-0.1, -0.05) is 29.8 Å². The van der Waals surface area contributed by atoms with Crippen LogP contribution >= 0.6 is 11.6 Å². The highest BCUT2D eigenvalue weighted by atomic mass is 35.5. The van der Waals surface area contributed by atoms with E-state index in [9.17, 15) is 14.9 Å². The zero-order valence-electron chi connectivity index (χ0n) is 17.2. The number of carbonyl (C=O) groups is 2. The van der Waals surface area contributed by atoms with Crippen molar-refractivity contribution in [1.29, 1.82) is 5.26 Å². The molecule has 8 heteroatoms. The fourth-order valence-corrected chi connectivity index (χ4v) is 4.00. The van der Waals surface area contributed by atoms with Crippen LogP contribution in [0.3, 0.4) is 0 Å². The first-order chi connectivity index (χ1) is 16.0. The molecule has 3 aromatic rings. The molecule has 33 heavy (non-hydrogen) atoms. The van der Waals surface area contributed by atoms with Gasteiger partial charge in [-0.15, -0.1) is 0 Å². The van der Waals surface area contributed by atoms with Crippen LogP contribution < -0.4 is 20.3 Å². The third-order valence-electron chi connectivity index (χ3n) is 5.47. The first-order valence-corrected chi connectivity index (χ1v) is 10.5. The van der Waals surface area contributed by atoms with Crippen molar-refractivity contribution in [3.8, 4) is 11.8 Å². The quantitative estimate of drug-likeness (QED) is 0.603. The van der Waals surface area contributed by atoms with Crippen molar-refractivity contribution in [3.63, 3.8) is 0 Å². The maximum atomic E-state index is 12.5. The van der Waals surface area contributed by atoms with E-state index in [-0.39, 0.29) is 0 Å². The molecule has 162 valence electrons. The van der Waals surface area contributed by atoms with Crippen molar-refractivity contribution >= 4 is 41.0 Å². The molecule has 2 heterocycles. The van der Waals surface area contributed by atoms with E-state index in [0.29, 0.717) is 34.2 Å². The zero-order chi connectivity index (χ0) is 22.9. The summed E-state index contributed by atoms with van der Waals surface area (Å²) in [5.41, 5.74) is 4.10. The Bertz CT molecular complexity index is 1330. The number of nitrogens with one attached hydrogen (secondary N) is 2. The molecule has 0 aromatic heterocycles. The molecule has 0 aliphatic carbocycles. The fraction of sp³-hybridized carbons (Fsp3) is 0.0800. The minimum atomic E-state index is -0.700. The predicted octanol–water partition coefficient (Wildman–Crippen LogP) is 4.49. The van der Waals surface area contributed by atoms with E-state index in [1.54, 1.807) is 24.3 Å². The Morgan fingerprint density at radius 2 is 1.79 bits per heavy atom. The van der Waals surface area contributed by atoms with Crippen LogP contribution in [0.15, 0.2) is 72.3 Å². The van der Waals surface area contributed by atoms with Gasteiger partial charge in [-0.2, -0.15) is 5.26 Å². The molecule has 0 radical (unpaired) electrons. The molecule has 1 unspecified atom stereocenters. The standard InChI is InChI=1S/C25H17ClN4O3/c26-18-5-2-15(3-6-18)14-33-20-9-7-19(8-10-20)30-22-11-16(13-27)1-4-17(22)12-21-23(30)28-25(32)29-24(21)31/h1-12,23H,14H2,(H2,28,29,31,32). The maximum Gasteiger partial charge on any atom is 0.323 e.